The molecule has 2 aromatic carbocycles. The smallest absolute Gasteiger partial charge is 0.120 e. The first-order chi connectivity index (χ1) is 13.2. The van der Waals surface area contributed by atoms with E-state index in [1.165, 1.54) is 0 Å². The molecular formula is C23H24N2O2. The van der Waals surface area contributed by atoms with E-state index in [1.807, 2.05) is 60.8 Å². The Balaban J connectivity index is 1.76. The van der Waals surface area contributed by atoms with Gasteiger partial charge in [0.05, 0.1) is 5.69 Å². The van der Waals surface area contributed by atoms with Gasteiger partial charge in [-0.2, -0.15) is 0 Å². The van der Waals surface area contributed by atoms with Crippen LogP contribution in [0.2, 0.25) is 0 Å². The lowest BCUT2D eigenvalue weighted by molar-refractivity contribution is 0.0692. The normalized spacial score (nSPS) is 20.4. The molecule has 4 nitrogen and oxygen atoms in total. The van der Waals surface area contributed by atoms with E-state index >= 15 is 0 Å². The fourth-order valence-electron chi connectivity index (χ4n) is 4.16. The van der Waals surface area contributed by atoms with Crippen LogP contribution in [0.15, 0.2) is 72.9 Å². The van der Waals surface area contributed by atoms with Crippen molar-refractivity contribution in [1.29, 1.82) is 0 Å². The molecule has 27 heavy (non-hydrogen) atoms. The zero-order valence-corrected chi connectivity index (χ0v) is 15.2. The molecule has 0 amide bonds. The van der Waals surface area contributed by atoms with Crippen molar-refractivity contribution >= 4 is 0 Å². The highest BCUT2D eigenvalue weighted by Crippen LogP contribution is 2.46. The van der Waals surface area contributed by atoms with E-state index in [-0.39, 0.29) is 12.1 Å². The number of likely N-dealkylation sites (tertiary alicyclic amines) is 1. The molecule has 4 heteroatoms. The average molecular weight is 360 g/mol. The van der Waals surface area contributed by atoms with E-state index in [2.05, 4.69) is 9.88 Å². The molecule has 2 atom stereocenters. The van der Waals surface area contributed by atoms with Crippen LogP contribution in [0, 0.1) is 0 Å². The monoisotopic (exact) mass is 360 g/mol. The van der Waals surface area contributed by atoms with Crippen LogP contribution in [-0.4, -0.2) is 20.1 Å². The summed E-state index contributed by atoms with van der Waals surface area (Å²) in [6.45, 7) is 0.666. The van der Waals surface area contributed by atoms with Crippen molar-refractivity contribution in [3.63, 3.8) is 0 Å². The summed E-state index contributed by atoms with van der Waals surface area (Å²) in [6, 6.07) is 21.2. The molecule has 1 aliphatic rings. The number of phenols is 2. The van der Waals surface area contributed by atoms with Crippen LogP contribution in [-0.2, 0) is 6.54 Å². The summed E-state index contributed by atoms with van der Waals surface area (Å²) in [5.41, 5.74) is 2.86. The minimum Gasteiger partial charge on any atom is -0.508 e. The van der Waals surface area contributed by atoms with Crippen LogP contribution >= 0.6 is 0 Å². The van der Waals surface area contributed by atoms with E-state index in [9.17, 15) is 10.2 Å². The molecule has 0 radical (unpaired) electrons. The van der Waals surface area contributed by atoms with Gasteiger partial charge in [0.25, 0.3) is 0 Å². The van der Waals surface area contributed by atoms with Gasteiger partial charge in [-0.3, -0.25) is 9.88 Å². The van der Waals surface area contributed by atoms with Crippen molar-refractivity contribution in [2.75, 3.05) is 0 Å². The molecule has 1 fully saturated rings. The van der Waals surface area contributed by atoms with E-state index in [1.54, 1.807) is 12.1 Å². The molecule has 2 heterocycles. The third kappa shape index (κ3) is 3.67. The molecule has 4 rings (SSSR count). The number of nitrogens with zero attached hydrogens (tertiary/aromatic N) is 2. The Labute approximate surface area is 159 Å². The van der Waals surface area contributed by atoms with Gasteiger partial charge in [-0.25, -0.2) is 0 Å². The molecule has 0 spiro atoms. The minimum absolute atomic E-state index is 0.0755. The third-order valence-corrected chi connectivity index (χ3v) is 5.42. The second-order valence-corrected chi connectivity index (χ2v) is 7.07. The maximum atomic E-state index is 10.5. The van der Waals surface area contributed by atoms with Crippen molar-refractivity contribution < 1.29 is 10.2 Å². The summed E-state index contributed by atoms with van der Waals surface area (Å²) < 4.78 is 0. The van der Waals surface area contributed by atoms with Gasteiger partial charge in [-0.1, -0.05) is 42.5 Å². The SMILES string of the molecule is Oc1ccccc1[C@H]1CCC[C@@H](c2ccccc2O)N1Cc1ccccn1. The molecule has 1 aliphatic heterocycles. The highest BCUT2D eigenvalue weighted by atomic mass is 16.3. The predicted octanol–water partition coefficient (Wildman–Crippen LogP) is 4.96. The third-order valence-electron chi connectivity index (χ3n) is 5.42. The van der Waals surface area contributed by atoms with Gasteiger partial charge in [0, 0.05) is 36.0 Å². The lowest BCUT2D eigenvalue weighted by Gasteiger charge is -2.43. The lowest BCUT2D eigenvalue weighted by Crippen LogP contribution is -2.36. The topological polar surface area (TPSA) is 56.6 Å². The van der Waals surface area contributed by atoms with Crippen LogP contribution in [0.1, 0.15) is 48.2 Å². The van der Waals surface area contributed by atoms with Crippen molar-refractivity contribution in [2.24, 2.45) is 0 Å². The summed E-state index contributed by atoms with van der Waals surface area (Å²) >= 11 is 0. The minimum atomic E-state index is 0.0755. The fraction of sp³-hybridized carbons (Fsp3) is 0.261. The summed E-state index contributed by atoms with van der Waals surface area (Å²) in [4.78, 5) is 6.88. The molecule has 3 aromatic rings. The van der Waals surface area contributed by atoms with Gasteiger partial charge in [-0.05, 0) is 43.5 Å². The molecule has 2 N–H and O–H groups in total. The number of piperidine rings is 1. The van der Waals surface area contributed by atoms with Crippen molar-refractivity contribution in [2.45, 2.75) is 37.9 Å². The van der Waals surface area contributed by atoms with Crippen molar-refractivity contribution in [3.8, 4) is 11.5 Å². The molecule has 1 saturated heterocycles. The maximum Gasteiger partial charge on any atom is 0.120 e. The number of para-hydroxylation sites is 2. The number of benzene rings is 2. The summed E-state index contributed by atoms with van der Waals surface area (Å²) in [5, 5.41) is 20.9. The second kappa shape index (κ2) is 7.80. The highest BCUT2D eigenvalue weighted by molar-refractivity contribution is 5.38. The number of rotatable bonds is 4. The molecule has 1 aromatic heterocycles. The summed E-state index contributed by atoms with van der Waals surface area (Å²) in [7, 11) is 0. The maximum absolute atomic E-state index is 10.5. The van der Waals surface area contributed by atoms with E-state index in [4.69, 9.17) is 0 Å². The molecule has 0 saturated carbocycles. The Hall–Kier alpha value is -2.85. The van der Waals surface area contributed by atoms with E-state index in [0.29, 0.717) is 18.0 Å². The Morgan fingerprint density at radius 2 is 1.33 bits per heavy atom. The lowest BCUT2D eigenvalue weighted by atomic mass is 9.86. The Kier molecular flexibility index (Phi) is 5.07. The zero-order valence-electron chi connectivity index (χ0n) is 15.2. The quantitative estimate of drug-likeness (QED) is 0.690. The van der Waals surface area contributed by atoms with Crippen LogP contribution in [0.5, 0.6) is 11.5 Å². The first kappa shape index (κ1) is 17.6. The molecule has 0 bridgehead atoms. The van der Waals surface area contributed by atoms with Crippen molar-refractivity contribution in [1.82, 2.24) is 9.88 Å². The zero-order chi connectivity index (χ0) is 18.6. The average Bonchev–Trinajstić information content (AvgIpc) is 2.70. The van der Waals surface area contributed by atoms with Gasteiger partial charge >= 0.3 is 0 Å². The Bertz CT molecular complexity index is 844. The van der Waals surface area contributed by atoms with Gasteiger partial charge < -0.3 is 10.2 Å². The summed E-state index contributed by atoms with van der Waals surface area (Å²) in [5.74, 6) is 0.651. The molecule has 0 unspecified atom stereocenters. The number of aromatic hydroxyl groups is 2. The van der Waals surface area contributed by atoms with E-state index in [0.717, 1.165) is 36.1 Å². The van der Waals surface area contributed by atoms with Crippen LogP contribution in [0.4, 0.5) is 0 Å². The standard InChI is InChI=1S/C23H24N2O2/c26-22-13-3-1-9-18(22)20-11-7-12-21(19-10-2-4-14-23(19)27)25(20)16-17-8-5-6-15-24-17/h1-6,8-10,13-15,20-21,26-27H,7,11-12,16H2/t20-,21+. The number of aromatic nitrogens is 1. The number of hydrogen-bond donors (Lipinski definition) is 2. The number of pyridine rings is 1. The van der Waals surface area contributed by atoms with Crippen LogP contribution < -0.4 is 0 Å². The van der Waals surface area contributed by atoms with Gasteiger partial charge in [0.1, 0.15) is 11.5 Å². The Morgan fingerprint density at radius 1 is 0.778 bits per heavy atom. The highest BCUT2D eigenvalue weighted by Gasteiger charge is 2.34. The van der Waals surface area contributed by atoms with Gasteiger partial charge in [0.15, 0.2) is 0 Å². The van der Waals surface area contributed by atoms with Gasteiger partial charge in [0.2, 0.25) is 0 Å². The number of phenolic OH excluding ortho intramolecular Hbond substituents is 2. The first-order valence-electron chi connectivity index (χ1n) is 9.45. The first-order valence-corrected chi connectivity index (χ1v) is 9.45. The van der Waals surface area contributed by atoms with Crippen LogP contribution in [0.25, 0.3) is 0 Å². The molecular weight excluding hydrogens is 336 g/mol. The van der Waals surface area contributed by atoms with Gasteiger partial charge in [-0.15, -0.1) is 0 Å². The van der Waals surface area contributed by atoms with Crippen LogP contribution in [0.3, 0.4) is 0 Å². The predicted molar refractivity (Wildman–Crippen MR) is 105 cm³/mol. The molecule has 0 aliphatic carbocycles. The molecule has 138 valence electrons. The number of hydrogen-bond acceptors (Lipinski definition) is 4. The summed E-state index contributed by atoms with van der Waals surface area (Å²) in [6.07, 6.45) is 4.78. The second-order valence-electron chi connectivity index (χ2n) is 7.07. The fourth-order valence-corrected chi connectivity index (χ4v) is 4.16. The van der Waals surface area contributed by atoms with E-state index < -0.39 is 0 Å². The van der Waals surface area contributed by atoms with Crippen molar-refractivity contribution in [3.05, 3.63) is 89.7 Å². The Morgan fingerprint density at radius 3 is 1.85 bits per heavy atom. The largest absolute Gasteiger partial charge is 0.508 e.